The van der Waals surface area contributed by atoms with Crippen LogP contribution >= 0.6 is 11.6 Å². The molecule has 0 spiro atoms. The number of halogens is 3. The first-order valence-corrected chi connectivity index (χ1v) is 4.35. The van der Waals surface area contributed by atoms with E-state index in [1.54, 1.807) is 0 Å². The van der Waals surface area contributed by atoms with Gasteiger partial charge >= 0.3 is 6.61 Å². The van der Waals surface area contributed by atoms with Crippen LogP contribution in [0.5, 0.6) is 5.75 Å². The molecule has 0 aromatic heterocycles. The highest BCUT2D eigenvalue weighted by atomic mass is 35.5. The molecular formula is C9H8ClF2NO2. The Bertz CT molecular complexity index is 396. The summed E-state index contributed by atoms with van der Waals surface area (Å²) < 4.78 is 28.1. The van der Waals surface area contributed by atoms with Crippen LogP contribution in [-0.2, 0) is 0 Å². The van der Waals surface area contributed by atoms with E-state index in [1.807, 2.05) is 0 Å². The molecular weight excluding hydrogens is 228 g/mol. The number of carbonyl (C=O) groups is 1. The number of alkyl halides is 2. The molecule has 3 nitrogen and oxygen atoms in total. The average molecular weight is 236 g/mol. The summed E-state index contributed by atoms with van der Waals surface area (Å²) in [6.07, 6.45) is 0. The fourth-order valence-corrected chi connectivity index (χ4v) is 1.39. The van der Waals surface area contributed by atoms with Crippen LogP contribution in [-0.4, -0.2) is 12.4 Å². The molecule has 2 N–H and O–H groups in total. The summed E-state index contributed by atoms with van der Waals surface area (Å²) in [6, 6.07) is 2.48. The first-order valence-electron chi connectivity index (χ1n) is 3.97. The Labute approximate surface area is 89.8 Å². The maximum Gasteiger partial charge on any atom is 0.387 e. The SMILES string of the molecule is CC(=O)c1c(OC(F)F)ccc(N)c1Cl. The molecule has 0 fully saturated rings. The second-order valence-electron chi connectivity index (χ2n) is 2.78. The highest BCUT2D eigenvalue weighted by Gasteiger charge is 2.18. The molecule has 0 heterocycles. The number of Topliss-reactive ketones (excluding diaryl/α,β-unsaturated/α-hetero) is 1. The topological polar surface area (TPSA) is 52.3 Å². The lowest BCUT2D eigenvalue weighted by atomic mass is 10.1. The smallest absolute Gasteiger partial charge is 0.387 e. The van der Waals surface area contributed by atoms with Crippen molar-refractivity contribution in [3.05, 3.63) is 22.7 Å². The third-order valence-electron chi connectivity index (χ3n) is 1.70. The third-order valence-corrected chi connectivity index (χ3v) is 2.11. The molecule has 0 aliphatic rings. The van der Waals surface area contributed by atoms with E-state index in [9.17, 15) is 13.6 Å². The first kappa shape index (κ1) is 11.7. The summed E-state index contributed by atoms with van der Waals surface area (Å²) in [5, 5.41) is -0.0688. The summed E-state index contributed by atoms with van der Waals surface area (Å²) in [5.74, 6) is -0.750. The number of nitrogen functional groups attached to an aromatic ring is 1. The van der Waals surface area contributed by atoms with Crippen LogP contribution in [0.2, 0.25) is 5.02 Å². The van der Waals surface area contributed by atoms with Gasteiger partial charge in [0.15, 0.2) is 5.78 Å². The van der Waals surface area contributed by atoms with Gasteiger partial charge in [0.2, 0.25) is 0 Å². The van der Waals surface area contributed by atoms with Gasteiger partial charge in [-0.1, -0.05) is 11.6 Å². The summed E-state index contributed by atoms with van der Waals surface area (Å²) in [7, 11) is 0. The number of anilines is 1. The lowest BCUT2D eigenvalue weighted by Gasteiger charge is -2.11. The zero-order valence-electron chi connectivity index (χ0n) is 7.76. The molecule has 0 bridgehead atoms. The van der Waals surface area contributed by atoms with E-state index >= 15 is 0 Å². The Balaban J connectivity index is 3.27. The van der Waals surface area contributed by atoms with Crippen molar-refractivity contribution in [3.63, 3.8) is 0 Å². The monoisotopic (exact) mass is 235 g/mol. The summed E-state index contributed by atoms with van der Waals surface area (Å²) in [4.78, 5) is 11.2. The number of nitrogens with two attached hydrogens (primary N) is 1. The normalized spacial score (nSPS) is 10.5. The standard InChI is InChI=1S/C9H8ClF2NO2/c1-4(14)7-6(15-9(11)12)3-2-5(13)8(7)10/h2-3,9H,13H2,1H3. The van der Waals surface area contributed by atoms with E-state index in [0.29, 0.717) is 0 Å². The van der Waals surface area contributed by atoms with Crippen LogP contribution in [0.4, 0.5) is 14.5 Å². The van der Waals surface area contributed by atoms with Crippen LogP contribution < -0.4 is 10.5 Å². The van der Waals surface area contributed by atoms with Crippen LogP contribution in [0, 0.1) is 0 Å². The Hall–Kier alpha value is -1.36. The van der Waals surface area contributed by atoms with E-state index in [1.165, 1.54) is 19.1 Å². The lowest BCUT2D eigenvalue weighted by molar-refractivity contribution is -0.0501. The van der Waals surface area contributed by atoms with E-state index < -0.39 is 12.4 Å². The third kappa shape index (κ3) is 2.56. The Morgan fingerprint density at radius 1 is 1.53 bits per heavy atom. The molecule has 0 atom stereocenters. The van der Waals surface area contributed by atoms with Crippen molar-refractivity contribution in [2.45, 2.75) is 13.5 Å². The summed E-state index contributed by atoms with van der Waals surface area (Å²) in [6.45, 7) is -1.82. The quantitative estimate of drug-likeness (QED) is 0.647. The molecule has 1 aromatic carbocycles. The molecule has 15 heavy (non-hydrogen) atoms. The second kappa shape index (κ2) is 4.44. The zero-order chi connectivity index (χ0) is 11.6. The maximum atomic E-state index is 12.0. The van der Waals surface area contributed by atoms with Crippen molar-refractivity contribution in [1.82, 2.24) is 0 Å². The van der Waals surface area contributed by atoms with Gasteiger partial charge in [-0.05, 0) is 19.1 Å². The van der Waals surface area contributed by atoms with Crippen molar-refractivity contribution in [2.24, 2.45) is 0 Å². The zero-order valence-corrected chi connectivity index (χ0v) is 8.52. The van der Waals surface area contributed by atoms with Crippen molar-refractivity contribution in [2.75, 3.05) is 5.73 Å². The molecule has 1 rings (SSSR count). The second-order valence-corrected chi connectivity index (χ2v) is 3.15. The van der Waals surface area contributed by atoms with Gasteiger partial charge in [0.05, 0.1) is 16.3 Å². The van der Waals surface area contributed by atoms with Crippen molar-refractivity contribution < 1.29 is 18.3 Å². The molecule has 0 amide bonds. The van der Waals surface area contributed by atoms with Gasteiger partial charge in [-0.25, -0.2) is 0 Å². The molecule has 0 aliphatic heterocycles. The number of ketones is 1. The fraction of sp³-hybridized carbons (Fsp3) is 0.222. The number of hydrogen-bond acceptors (Lipinski definition) is 3. The largest absolute Gasteiger partial charge is 0.434 e. The molecule has 0 radical (unpaired) electrons. The van der Waals surface area contributed by atoms with Gasteiger partial charge in [0.25, 0.3) is 0 Å². The van der Waals surface area contributed by atoms with E-state index in [-0.39, 0.29) is 22.0 Å². The predicted molar refractivity (Wildman–Crippen MR) is 52.5 cm³/mol. The predicted octanol–water partition coefficient (Wildman–Crippen LogP) is 2.73. The molecule has 82 valence electrons. The molecule has 0 aliphatic carbocycles. The highest BCUT2D eigenvalue weighted by Crippen LogP contribution is 2.32. The van der Waals surface area contributed by atoms with Gasteiger partial charge < -0.3 is 10.5 Å². The van der Waals surface area contributed by atoms with Gasteiger partial charge in [-0.2, -0.15) is 8.78 Å². The number of ether oxygens (including phenoxy) is 1. The van der Waals surface area contributed by atoms with Gasteiger partial charge in [-0.3, -0.25) is 4.79 Å². The van der Waals surface area contributed by atoms with E-state index in [0.717, 1.165) is 0 Å². The summed E-state index contributed by atoms with van der Waals surface area (Å²) in [5.41, 5.74) is 5.45. The average Bonchev–Trinajstić information content (AvgIpc) is 2.10. The molecule has 6 heteroatoms. The number of rotatable bonds is 3. The van der Waals surface area contributed by atoms with Crippen molar-refractivity contribution in [1.29, 1.82) is 0 Å². The van der Waals surface area contributed by atoms with Crippen molar-refractivity contribution >= 4 is 23.1 Å². The van der Waals surface area contributed by atoms with Gasteiger partial charge in [0, 0.05) is 0 Å². The lowest BCUT2D eigenvalue weighted by Crippen LogP contribution is -2.08. The van der Waals surface area contributed by atoms with Crippen molar-refractivity contribution in [3.8, 4) is 5.75 Å². The summed E-state index contributed by atoms with van der Waals surface area (Å²) >= 11 is 5.71. The minimum absolute atomic E-state index is 0.0688. The molecule has 0 unspecified atom stereocenters. The minimum Gasteiger partial charge on any atom is -0.434 e. The highest BCUT2D eigenvalue weighted by molar-refractivity contribution is 6.36. The maximum absolute atomic E-state index is 12.0. The van der Waals surface area contributed by atoms with Crippen LogP contribution in [0.3, 0.4) is 0 Å². The fourth-order valence-electron chi connectivity index (χ4n) is 1.10. The number of carbonyl (C=O) groups excluding carboxylic acids is 1. The minimum atomic E-state index is -3.01. The number of benzene rings is 1. The Kier molecular flexibility index (Phi) is 3.47. The van der Waals surface area contributed by atoms with Crippen LogP contribution in [0.25, 0.3) is 0 Å². The molecule has 0 saturated heterocycles. The van der Waals surface area contributed by atoms with Gasteiger partial charge in [-0.15, -0.1) is 0 Å². The Morgan fingerprint density at radius 3 is 2.60 bits per heavy atom. The first-order chi connectivity index (χ1) is 6.93. The van der Waals surface area contributed by atoms with Crippen LogP contribution in [0.1, 0.15) is 17.3 Å². The van der Waals surface area contributed by atoms with Gasteiger partial charge in [0.1, 0.15) is 5.75 Å². The van der Waals surface area contributed by atoms with Crippen LogP contribution in [0.15, 0.2) is 12.1 Å². The van der Waals surface area contributed by atoms with E-state index in [2.05, 4.69) is 4.74 Å². The molecule has 1 aromatic rings. The number of hydrogen-bond donors (Lipinski definition) is 1. The Morgan fingerprint density at radius 2 is 2.13 bits per heavy atom. The van der Waals surface area contributed by atoms with E-state index in [4.69, 9.17) is 17.3 Å². The molecule has 0 saturated carbocycles.